The molecule has 0 radical (unpaired) electrons. The zero-order chi connectivity index (χ0) is 11.5. The van der Waals surface area contributed by atoms with Crippen molar-refractivity contribution in [3.8, 4) is 0 Å². The molecule has 1 amide bonds. The maximum atomic E-state index is 12.0. The molecule has 0 atom stereocenters. The van der Waals surface area contributed by atoms with Crippen LogP contribution in [0.1, 0.15) is 31.2 Å². The van der Waals surface area contributed by atoms with Gasteiger partial charge in [-0.25, -0.2) is 0 Å². The Hall–Kier alpha value is -0.830. The SMILES string of the molecule is Cc1cc(Br)ccc1N1CCCCCC1=O. The van der Waals surface area contributed by atoms with Crippen LogP contribution in [0, 0.1) is 6.92 Å². The predicted octanol–water partition coefficient (Wildman–Crippen LogP) is 3.66. The first-order chi connectivity index (χ1) is 7.68. The van der Waals surface area contributed by atoms with Gasteiger partial charge < -0.3 is 4.90 Å². The second kappa shape index (κ2) is 5.00. The molecule has 0 aromatic heterocycles. The van der Waals surface area contributed by atoms with Crippen molar-refractivity contribution in [1.82, 2.24) is 0 Å². The Bertz CT molecular complexity index is 403. The van der Waals surface area contributed by atoms with Gasteiger partial charge in [0.05, 0.1) is 0 Å². The highest BCUT2D eigenvalue weighted by Crippen LogP contribution is 2.26. The molecule has 1 aliphatic heterocycles. The molecular weight excluding hydrogens is 266 g/mol. The molecule has 1 aromatic rings. The van der Waals surface area contributed by atoms with Crippen molar-refractivity contribution >= 4 is 27.5 Å². The van der Waals surface area contributed by atoms with Crippen molar-refractivity contribution in [3.63, 3.8) is 0 Å². The van der Waals surface area contributed by atoms with Gasteiger partial charge >= 0.3 is 0 Å². The number of halogens is 1. The fourth-order valence-corrected chi connectivity index (χ4v) is 2.63. The van der Waals surface area contributed by atoms with Crippen LogP contribution in [0.2, 0.25) is 0 Å². The van der Waals surface area contributed by atoms with Crippen molar-refractivity contribution in [2.75, 3.05) is 11.4 Å². The second-order valence-electron chi connectivity index (χ2n) is 4.29. The molecule has 1 fully saturated rings. The van der Waals surface area contributed by atoms with Gasteiger partial charge in [0.2, 0.25) is 5.91 Å². The molecule has 0 spiro atoms. The van der Waals surface area contributed by atoms with Crippen molar-refractivity contribution in [3.05, 3.63) is 28.2 Å². The number of nitrogens with zero attached hydrogens (tertiary/aromatic N) is 1. The Morgan fingerprint density at radius 3 is 2.81 bits per heavy atom. The molecule has 0 bridgehead atoms. The molecule has 1 heterocycles. The van der Waals surface area contributed by atoms with Gasteiger partial charge in [0.25, 0.3) is 0 Å². The van der Waals surface area contributed by atoms with Crippen LogP contribution in [0.15, 0.2) is 22.7 Å². The molecule has 0 unspecified atom stereocenters. The molecule has 0 N–H and O–H groups in total. The third kappa shape index (κ3) is 2.46. The van der Waals surface area contributed by atoms with Crippen molar-refractivity contribution < 1.29 is 4.79 Å². The summed E-state index contributed by atoms with van der Waals surface area (Å²) in [6, 6.07) is 6.09. The molecule has 1 saturated heterocycles. The summed E-state index contributed by atoms with van der Waals surface area (Å²) in [4.78, 5) is 13.9. The predicted molar refractivity (Wildman–Crippen MR) is 69.7 cm³/mol. The number of hydrogen-bond donors (Lipinski definition) is 0. The van der Waals surface area contributed by atoms with E-state index in [1.165, 1.54) is 0 Å². The Morgan fingerprint density at radius 2 is 2.06 bits per heavy atom. The Balaban J connectivity index is 2.30. The molecule has 1 aliphatic rings. The van der Waals surface area contributed by atoms with Crippen molar-refractivity contribution in [2.24, 2.45) is 0 Å². The van der Waals surface area contributed by atoms with E-state index in [2.05, 4.69) is 28.9 Å². The minimum atomic E-state index is 0.267. The van der Waals surface area contributed by atoms with Gasteiger partial charge in [0.1, 0.15) is 0 Å². The molecule has 86 valence electrons. The van der Waals surface area contributed by atoms with Gasteiger partial charge in [0.15, 0.2) is 0 Å². The fraction of sp³-hybridized carbons (Fsp3) is 0.462. The van der Waals surface area contributed by atoms with Gasteiger partial charge in [-0.15, -0.1) is 0 Å². The maximum Gasteiger partial charge on any atom is 0.226 e. The highest BCUT2D eigenvalue weighted by Gasteiger charge is 2.19. The van der Waals surface area contributed by atoms with E-state index in [0.29, 0.717) is 6.42 Å². The summed E-state index contributed by atoms with van der Waals surface area (Å²) >= 11 is 3.45. The smallest absolute Gasteiger partial charge is 0.226 e. The summed E-state index contributed by atoms with van der Waals surface area (Å²) < 4.78 is 1.07. The number of carbonyl (C=O) groups is 1. The van der Waals surface area contributed by atoms with Gasteiger partial charge in [0, 0.05) is 23.1 Å². The second-order valence-corrected chi connectivity index (χ2v) is 5.20. The van der Waals surface area contributed by atoms with E-state index in [1.54, 1.807) is 0 Å². The number of anilines is 1. The molecule has 0 aliphatic carbocycles. The summed E-state index contributed by atoms with van der Waals surface area (Å²) in [6.45, 7) is 2.92. The van der Waals surface area contributed by atoms with Crippen LogP contribution >= 0.6 is 15.9 Å². The Kier molecular flexibility index (Phi) is 3.64. The van der Waals surface area contributed by atoms with Crippen molar-refractivity contribution in [1.29, 1.82) is 0 Å². The zero-order valence-corrected chi connectivity index (χ0v) is 11.1. The van der Waals surface area contributed by atoms with E-state index in [1.807, 2.05) is 17.0 Å². The lowest BCUT2D eigenvalue weighted by atomic mass is 10.1. The van der Waals surface area contributed by atoms with E-state index in [0.717, 1.165) is 41.5 Å². The van der Waals surface area contributed by atoms with Crippen LogP contribution in [0.5, 0.6) is 0 Å². The topological polar surface area (TPSA) is 20.3 Å². The van der Waals surface area contributed by atoms with Gasteiger partial charge in [-0.2, -0.15) is 0 Å². The monoisotopic (exact) mass is 281 g/mol. The van der Waals surface area contributed by atoms with E-state index in [4.69, 9.17) is 0 Å². The highest BCUT2D eigenvalue weighted by molar-refractivity contribution is 9.10. The van der Waals surface area contributed by atoms with Crippen LogP contribution in [0.25, 0.3) is 0 Å². The Labute approximate surface area is 105 Å². The molecule has 1 aromatic carbocycles. The lowest BCUT2D eigenvalue weighted by molar-refractivity contribution is -0.118. The normalized spacial score (nSPS) is 17.4. The van der Waals surface area contributed by atoms with Gasteiger partial charge in [-0.05, 0) is 43.5 Å². The summed E-state index contributed by atoms with van der Waals surface area (Å²) in [6.07, 6.45) is 4.00. The average Bonchev–Trinajstić information content (AvgIpc) is 2.44. The molecule has 16 heavy (non-hydrogen) atoms. The van der Waals surface area contributed by atoms with Crippen LogP contribution in [-0.2, 0) is 4.79 Å². The number of hydrogen-bond acceptors (Lipinski definition) is 1. The summed E-state index contributed by atoms with van der Waals surface area (Å²) in [5, 5.41) is 0. The maximum absolute atomic E-state index is 12.0. The summed E-state index contributed by atoms with van der Waals surface area (Å²) in [7, 11) is 0. The van der Waals surface area contributed by atoms with Crippen LogP contribution in [-0.4, -0.2) is 12.5 Å². The minimum Gasteiger partial charge on any atom is -0.312 e. The molecule has 0 saturated carbocycles. The van der Waals surface area contributed by atoms with Crippen LogP contribution < -0.4 is 4.90 Å². The first-order valence-electron chi connectivity index (χ1n) is 5.75. The molecule has 3 heteroatoms. The lowest BCUT2D eigenvalue weighted by Gasteiger charge is -2.22. The van der Waals surface area contributed by atoms with Crippen LogP contribution in [0.4, 0.5) is 5.69 Å². The van der Waals surface area contributed by atoms with E-state index < -0.39 is 0 Å². The number of rotatable bonds is 1. The third-order valence-corrected chi connectivity index (χ3v) is 3.52. The van der Waals surface area contributed by atoms with E-state index in [9.17, 15) is 4.79 Å². The first-order valence-corrected chi connectivity index (χ1v) is 6.54. The molecular formula is C13H16BrNO. The Morgan fingerprint density at radius 1 is 1.25 bits per heavy atom. The summed E-state index contributed by atoms with van der Waals surface area (Å²) in [5.41, 5.74) is 2.22. The molecule has 2 nitrogen and oxygen atoms in total. The number of benzene rings is 1. The standard InChI is InChI=1S/C13H16BrNO/c1-10-9-11(14)6-7-12(10)15-8-4-2-3-5-13(15)16/h6-7,9H,2-5,8H2,1H3. The fourth-order valence-electron chi connectivity index (χ4n) is 2.16. The molecule has 2 rings (SSSR count). The largest absolute Gasteiger partial charge is 0.312 e. The highest BCUT2D eigenvalue weighted by atomic mass is 79.9. The first kappa shape index (κ1) is 11.6. The lowest BCUT2D eigenvalue weighted by Crippen LogP contribution is -2.30. The summed E-state index contributed by atoms with van der Waals surface area (Å²) in [5.74, 6) is 0.267. The number of carbonyl (C=O) groups excluding carboxylic acids is 1. The van der Waals surface area contributed by atoms with E-state index in [-0.39, 0.29) is 5.91 Å². The van der Waals surface area contributed by atoms with Crippen LogP contribution in [0.3, 0.4) is 0 Å². The van der Waals surface area contributed by atoms with Crippen molar-refractivity contribution in [2.45, 2.75) is 32.6 Å². The quantitative estimate of drug-likeness (QED) is 0.769. The number of aryl methyl sites for hydroxylation is 1. The van der Waals surface area contributed by atoms with Gasteiger partial charge in [-0.1, -0.05) is 22.4 Å². The average molecular weight is 282 g/mol. The third-order valence-electron chi connectivity index (χ3n) is 3.02. The number of amides is 1. The van der Waals surface area contributed by atoms with Gasteiger partial charge in [-0.3, -0.25) is 4.79 Å². The zero-order valence-electron chi connectivity index (χ0n) is 9.50. The minimum absolute atomic E-state index is 0.267. The van der Waals surface area contributed by atoms with E-state index >= 15 is 0 Å².